The highest BCUT2D eigenvalue weighted by Crippen LogP contribution is 2.22. The fourth-order valence-electron chi connectivity index (χ4n) is 1.54. The molecule has 2 aromatic rings. The van der Waals surface area contributed by atoms with E-state index < -0.39 is 5.97 Å². The van der Waals surface area contributed by atoms with Gasteiger partial charge in [-0.25, -0.2) is 4.79 Å². The van der Waals surface area contributed by atoms with Crippen molar-refractivity contribution in [3.63, 3.8) is 0 Å². The van der Waals surface area contributed by atoms with Crippen molar-refractivity contribution in [1.29, 1.82) is 0 Å². The molecule has 1 aromatic heterocycles. The Kier molecular flexibility index (Phi) is 3.79. The van der Waals surface area contributed by atoms with Crippen LogP contribution in [0.4, 0.5) is 5.69 Å². The molecule has 2 rings (SSSR count). The van der Waals surface area contributed by atoms with Crippen LogP contribution in [0.25, 0.3) is 11.5 Å². The Labute approximate surface area is 111 Å². The van der Waals surface area contributed by atoms with E-state index in [1.165, 1.54) is 0 Å². The zero-order valence-corrected chi connectivity index (χ0v) is 11.1. The summed E-state index contributed by atoms with van der Waals surface area (Å²) in [6.45, 7) is 2.00. The molecule has 0 fully saturated rings. The molecule has 1 aromatic carbocycles. The summed E-state index contributed by atoms with van der Waals surface area (Å²) in [5.41, 5.74) is 1.77. The fraction of sp³-hybridized carbons (Fsp3) is 0.308. The Morgan fingerprint density at radius 3 is 2.89 bits per heavy atom. The summed E-state index contributed by atoms with van der Waals surface area (Å²) < 4.78 is 9.88. The van der Waals surface area contributed by atoms with Crippen molar-refractivity contribution in [3.8, 4) is 11.5 Å². The maximum absolute atomic E-state index is 11.4. The number of esters is 1. The van der Waals surface area contributed by atoms with Gasteiger partial charge in [0.15, 0.2) is 0 Å². The summed E-state index contributed by atoms with van der Waals surface area (Å²) in [7, 11) is 3.88. The zero-order chi connectivity index (χ0) is 13.8. The minimum Gasteiger partial charge on any atom is -0.460 e. The summed E-state index contributed by atoms with van der Waals surface area (Å²) in [5.74, 6) is -0.347. The first-order valence-corrected chi connectivity index (χ1v) is 5.90. The average Bonchev–Trinajstić information content (AvgIpc) is 2.89. The predicted octanol–water partition coefficient (Wildman–Crippen LogP) is 1.98. The third-order valence-corrected chi connectivity index (χ3v) is 2.49. The molecule has 0 unspecified atom stereocenters. The summed E-state index contributed by atoms with van der Waals surface area (Å²) >= 11 is 0. The van der Waals surface area contributed by atoms with Crippen LogP contribution in [0.1, 0.15) is 17.5 Å². The van der Waals surface area contributed by atoms with E-state index in [1.54, 1.807) is 6.92 Å². The van der Waals surface area contributed by atoms with Gasteiger partial charge in [-0.2, -0.15) is 4.98 Å². The lowest BCUT2D eigenvalue weighted by Gasteiger charge is -2.12. The highest BCUT2D eigenvalue weighted by atomic mass is 16.5. The molecular formula is C13H15N3O3. The van der Waals surface area contributed by atoms with Crippen molar-refractivity contribution in [2.45, 2.75) is 6.92 Å². The van der Waals surface area contributed by atoms with Gasteiger partial charge in [-0.05, 0) is 30.3 Å². The van der Waals surface area contributed by atoms with E-state index in [0.717, 1.165) is 11.3 Å². The SMILES string of the molecule is CCOC(=O)c1noc(-c2cccc(N(C)C)c2)n1. The quantitative estimate of drug-likeness (QED) is 0.784. The molecule has 0 saturated heterocycles. The van der Waals surface area contributed by atoms with Crippen molar-refractivity contribution in [2.24, 2.45) is 0 Å². The van der Waals surface area contributed by atoms with E-state index in [4.69, 9.17) is 9.26 Å². The molecule has 0 amide bonds. The molecule has 0 spiro atoms. The number of hydrogen-bond donors (Lipinski definition) is 0. The van der Waals surface area contributed by atoms with Crippen LogP contribution in [0.15, 0.2) is 28.8 Å². The lowest BCUT2D eigenvalue weighted by Crippen LogP contribution is -2.08. The van der Waals surface area contributed by atoms with Crippen molar-refractivity contribution >= 4 is 11.7 Å². The predicted molar refractivity (Wildman–Crippen MR) is 70.0 cm³/mol. The fourth-order valence-corrected chi connectivity index (χ4v) is 1.54. The molecule has 100 valence electrons. The zero-order valence-electron chi connectivity index (χ0n) is 11.1. The third-order valence-electron chi connectivity index (χ3n) is 2.49. The molecule has 6 nitrogen and oxygen atoms in total. The highest BCUT2D eigenvalue weighted by molar-refractivity contribution is 5.85. The number of aromatic nitrogens is 2. The number of hydrogen-bond acceptors (Lipinski definition) is 6. The molecule has 6 heteroatoms. The summed E-state index contributed by atoms with van der Waals surface area (Å²) in [6, 6.07) is 7.60. The Hall–Kier alpha value is -2.37. The smallest absolute Gasteiger partial charge is 0.379 e. The summed E-state index contributed by atoms with van der Waals surface area (Å²) in [6.07, 6.45) is 0. The first-order valence-electron chi connectivity index (χ1n) is 5.90. The van der Waals surface area contributed by atoms with E-state index in [0.29, 0.717) is 5.89 Å². The lowest BCUT2D eigenvalue weighted by molar-refractivity contribution is 0.0508. The molecule has 0 N–H and O–H groups in total. The largest absolute Gasteiger partial charge is 0.460 e. The van der Waals surface area contributed by atoms with Gasteiger partial charge in [0.2, 0.25) is 0 Å². The molecule has 0 atom stereocenters. The van der Waals surface area contributed by atoms with Crippen LogP contribution in [0.2, 0.25) is 0 Å². The second-order valence-electron chi connectivity index (χ2n) is 4.09. The first-order chi connectivity index (χ1) is 9.11. The van der Waals surface area contributed by atoms with E-state index >= 15 is 0 Å². The van der Waals surface area contributed by atoms with E-state index in [9.17, 15) is 4.79 Å². The topological polar surface area (TPSA) is 68.5 Å². The number of nitrogens with zero attached hydrogens (tertiary/aromatic N) is 3. The van der Waals surface area contributed by atoms with Gasteiger partial charge >= 0.3 is 5.97 Å². The molecule has 1 heterocycles. The van der Waals surface area contributed by atoms with Crippen molar-refractivity contribution in [3.05, 3.63) is 30.1 Å². The molecule has 0 aliphatic rings. The Bertz CT molecular complexity index is 578. The molecule has 0 aliphatic heterocycles. The van der Waals surface area contributed by atoms with Gasteiger partial charge in [-0.1, -0.05) is 6.07 Å². The van der Waals surface area contributed by atoms with Crippen LogP contribution in [-0.4, -0.2) is 36.8 Å². The average molecular weight is 261 g/mol. The standard InChI is InChI=1S/C13H15N3O3/c1-4-18-13(17)11-14-12(19-15-11)9-6-5-7-10(8-9)16(2)3/h5-8H,4H2,1-3H3. The van der Waals surface area contributed by atoms with Crippen molar-refractivity contribution in [2.75, 3.05) is 25.6 Å². The molecule has 0 radical (unpaired) electrons. The van der Waals surface area contributed by atoms with Gasteiger partial charge in [0.05, 0.1) is 6.61 Å². The van der Waals surface area contributed by atoms with E-state index in [2.05, 4.69) is 10.1 Å². The van der Waals surface area contributed by atoms with Crippen LogP contribution in [-0.2, 0) is 4.74 Å². The van der Waals surface area contributed by atoms with E-state index in [1.807, 2.05) is 43.3 Å². The maximum atomic E-state index is 11.4. The maximum Gasteiger partial charge on any atom is 0.379 e. The van der Waals surface area contributed by atoms with Crippen molar-refractivity contribution in [1.82, 2.24) is 10.1 Å². The van der Waals surface area contributed by atoms with Crippen LogP contribution >= 0.6 is 0 Å². The number of rotatable bonds is 4. The van der Waals surface area contributed by atoms with Gasteiger partial charge in [0.25, 0.3) is 11.7 Å². The first kappa shape index (κ1) is 13.1. The van der Waals surface area contributed by atoms with Gasteiger partial charge in [0, 0.05) is 25.3 Å². The minimum atomic E-state index is -0.582. The summed E-state index contributed by atoms with van der Waals surface area (Å²) in [5, 5.41) is 3.61. The lowest BCUT2D eigenvalue weighted by atomic mass is 10.2. The van der Waals surface area contributed by atoms with Gasteiger partial charge in [0.1, 0.15) is 0 Å². The third kappa shape index (κ3) is 2.90. The minimum absolute atomic E-state index is 0.0629. The molecule has 0 bridgehead atoms. The van der Waals surface area contributed by atoms with Crippen LogP contribution in [0.5, 0.6) is 0 Å². The molecule has 0 aliphatic carbocycles. The highest BCUT2D eigenvalue weighted by Gasteiger charge is 2.16. The molecule has 0 saturated carbocycles. The number of anilines is 1. The Balaban J connectivity index is 2.27. The number of carbonyl (C=O) groups excluding carboxylic acids is 1. The molecule has 19 heavy (non-hydrogen) atoms. The summed E-state index contributed by atoms with van der Waals surface area (Å²) in [4.78, 5) is 17.4. The van der Waals surface area contributed by atoms with Crippen LogP contribution < -0.4 is 4.90 Å². The van der Waals surface area contributed by atoms with Gasteiger partial charge in [-0.3, -0.25) is 0 Å². The normalized spacial score (nSPS) is 10.3. The van der Waals surface area contributed by atoms with Crippen molar-refractivity contribution < 1.29 is 14.1 Å². The number of benzene rings is 1. The van der Waals surface area contributed by atoms with Crippen LogP contribution in [0.3, 0.4) is 0 Å². The molecular weight excluding hydrogens is 246 g/mol. The van der Waals surface area contributed by atoms with E-state index in [-0.39, 0.29) is 12.4 Å². The monoisotopic (exact) mass is 261 g/mol. The van der Waals surface area contributed by atoms with Gasteiger partial charge in [-0.15, -0.1) is 0 Å². The Morgan fingerprint density at radius 1 is 1.42 bits per heavy atom. The van der Waals surface area contributed by atoms with Gasteiger partial charge < -0.3 is 14.2 Å². The second kappa shape index (κ2) is 5.51. The number of carbonyl (C=O) groups is 1. The number of ether oxygens (including phenoxy) is 1. The second-order valence-corrected chi connectivity index (χ2v) is 4.09. The van der Waals surface area contributed by atoms with Crippen LogP contribution in [0, 0.1) is 0 Å². The Morgan fingerprint density at radius 2 is 2.21 bits per heavy atom.